The molecule has 0 fully saturated rings. The van der Waals surface area contributed by atoms with Crippen molar-refractivity contribution < 1.29 is 19.1 Å². The topological polar surface area (TPSA) is 77.0 Å². The Morgan fingerprint density at radius 3 is 2.00 bits per heavy atom. The Bertz CT molecular complexity index is 1060. The number of benzene rings is 3. The number of nitrogens with one attached hydrogen (secondary N) is 1. The number of carbonyl (C=O) groups is 2. The fourth-order valence-corrected chi connectivity index (χ4v) is 3.88. The van der Waals surface area contributed by atoms with Crippen molar-refractivity contribution in [2.24, 2.45) is 4.99 Å². The van der Waals surface area contributed by atoms with Crippen molar-refractivity contribution in [1.82, 2.24) is 5.32 Å². The third-order valence-corrected chi connectivity index (χ3v) is 5.60. The van der Waals surface area contributed by atoms with Crippen LogP contribution in [0.1, 0.15) is 22.7 Å². The van der Waals surface area contributed by atoms with Gasteiger partial charge in [0.15, 0.2) is 0 Å². The van der Waals surface area contributed by atoms with Gasteiger partial charge in [0, 0.05) is 0 Å². The Morgan fingerprint density at radius 2 is 1.42 bits per heavy atom. The number of carbonyl (C=O) groups excluding carboxylic acids is 2. The third kappa shape index (κ3) is 7.59. The molecule has 33 heavy (non-hydrogen) atoms. The van der Waals surface area contributed by atoms with E-state index in [-0.39, 0.29) is 6.61 Å². The molecule has 0 aliphatic rings. The molecule has 1 N–H and O–H groups in total. The molecule has 0 aliphatic carbocycles. The van der Waals surface area contributed by atoms with Crippen LogP contribution in [0, 0.1) is 0 Å². The zero-order chi connectivity index (χ0) is 23.5. The van der Waals surface area contributed by atoms with Crippen molar-refractivity contribution in [3.8, 4) is 0 Å². The average Bonchev–Trinajstić information content (AvgIpc) is 2.86. The van der Waals surface area contributed by atoms with Gasteiger partial charge in [0.2, 0.25) is 0 Å². The molecule has 0 unspecified atom stereocenters. The maximum atomic E-state index is 12.6. The fourth-order valence-electron chi connectivity index (χ4n) is 3.20. The van der Waals surface area contributed by atoms with Gasteiger partial charge in [0.25, 0.3) is 0 Å². The monoisotopic (exact) mass is 509 g/mol. The normalized spacial score (nSPS) is 12.9. The Labute approximate surface area is 201 Å². The SMILES string of the molecule is COC(=O)[C@H](Cc1ccccc1)N=C([Se])[C@@H](NC(=O)OCc1ccccc1)c1ccccc1. The zero-order valence-electron chi connectivity index (χ0n) is 18.2. The summed E-state index contributed by atoms with van der Waals surface area (Å²) in [5, 5.41) is 2.85. The van der Waals surface area contributed by atoms with Gasteiger partial charge >= 0.3 is 202 Å². The van der Waals surface area contributed by atoms with Crippen molar-refractivity contribution in [2.45, 2.75) is 25.1 Å². The second-order valence-electron chi connectivity index (χ2n) is 7.25. The molecule has 1 radical (unpaired) electrons. The molecule has 3 rings (SSSR count). The predicted octanol–water partition coefficient (Wildman–Crippen LogP) is 4.01. The molecule has 6 nitrogen and oxygen atoms in total. The number of aliphatic imine (C=N–C) groups is 1. The summed E-state index contributed by atoms with van der Waals surface area (Å²) in [7, 11) is 1.34. The van der Waals surface area contributed by atoms with Crippen molar-refractivity contribution in [2.75, 3.05) is 7.11 Å². The van der Waals surface area contributed by atoms with E-state index in [4.69, 9.17) is 9.47 Å². The average molecular weight is 508 g/mol. The number of methoxy groups -OCH3 is 1. The van der Waals surface area contributed by atoms with Crippen LogP contribution in [0.5, 0.6) is 0 Å². The molecular formula is C26H25N2O4Se. The van der Waals surface area contributed by atoms with Crippen LogP contribution in [-0.4, -0.2) is 45.8 Å². The van der Waals surface area contributed by atoms with E-state index in [9.17, 15) is 9.59 Å². The van der Waals surface area contributed by atoms with Gasteiger partial charge in [-0.15, -0.1) is 0 Å². The minimum absolute atomic E-state index is 0.146. The summed E-state index contributed by atoms with van der Waals surface area (Å²) in [6, 6.07) is 27.0. The van der Waals surface area contributed by atoms with Gasteiger partial charge in [-0.2, -0.15) is 0 Å². The van der Waals surface area contributed by atoms with E-state index < -0.39 is 24.1 Å². The van der Waals surface area contributed by atoms with E-state index in [0.717, 1.165) is 16.7 Å². The number of nitrogens with zero attached hydrogens (tertiary/aromatic N) is 1. The zero-order valence-corrected chi connectivity index (χ0v) is 19.9. The minimum atomic E-state index is -0.762. The number of alkyl carbamates (subject to hydrolysis) is 1. The Morgan fingerprint density at radius 1 is 0.879 bits per heavy atom. The van der Waals surface area contributed by atoms with Gasteiger partial charge < -0.3 is 0 Å². The molecule has 2 atom stereocenters. The van der Waals surface area contributed by atoms with Crippen molar-refractivity contribution in [3.05, 3.63) is 108 Å². The second kappa shape index (κ2) is 12.6. The molecule has 3 aromatic rings. The van der Waals surface area contributed by atoms with Crippen LogP contribution in [0.2, 0.25) is 0 Å². The van der Waals surface area contributed by atoms with E-state index in [1.807, 2.05) is 91.0 Å². The third-order valence-electron chi connectivity index (χ3n) is 4.88. The Hall–Kier alpha value is -3.41. The number of rotatable bonds is 9. The standard InChI is InChI=1S/C26H25N2O4Se/c1-31-25(29)22(17-19-11-5-2-6-12-19)27-24(33)23(21-15-9-4-10-16-21)28-26(30)32-18-20-13-7-3-8-14-20/h2-16,22-23H,17-18H2,1H3,(H,28,30)/t22-,23-/m0/s1. The number of ether oxygens (including phenoxy) is 2. The van der Waals surface area contributed by atoms with E-state index in [1.54, 1.807) is 0 Å². The molecule has 3 aromatic carbocycles. The molecule has 0 saturated carbocycles. The number of hydrogen-bond acceptors (Lipinski definition) is 5. The number of hydrogen-bond donors (Lipinski definition) is 1. The van der Waals surface area contributed by atoms with E-state index in [2.05, 4.69) is 26.3 Å². The summed E-state index contributed by atoms with van der Waals surface area (Å²) in [6.45, 7) is 0.146. The molecule has 0 saturated heterocycles. The van der Waals surface area contributed by atoms with Crippen molar-refractivity contribution in [1.29, 1.82) is 0 Å². The maximum absolute atomic E-state index is 12.6. The molecule has 169 valence electrons. The van der Waals surface area contributed by atoms with Gasteiger partial charge in [-0.05, 0) is 0 Å². The Kier molecular flexibility index (Phi) is 9.24. The van der Waals surface area contributed by atoms with E-state index in [1.165, 1.54) is 7.11 Å². The van der Waals surface area contributed by atoms with Gasteiger partial charge in [-0.25, -0.2) is 0 Å². The molecule has 1 amide bonds. The van der Waals surface area contributed by atoms with Crippen LogP contribution < -0.4 is 5.32 Å². The molecule has 0 heterocycles. The first-order valence-corrected chi connectivity index (χ1v) is 11.3. The molecule has 0 bridgehead atoms. The Balaban J connectivity index is 1.80. The number of amides is 1. The van der Waals surface area contributed by atoms with Crippen LogP contribution in [0.3, 0.4) is 0 Å². The predicted molar refractivity (Wildman–Crippen MR) is 128 cm³/mol. The summed E-state index contributed by atoms with van der Waals surface area (Å²) < 4.78 is 10.8. The molecule has 0 aliphatic heterocycles. The summed E-state index contributed by atoms with van der Waals surface area (Å²) in [5.41, 5.74) is 2.64. The second-order valence-corrected chi connectivity index (χ2v) is 8.12. The first-order valence-electron chi connectivity index (χ1n) is 10.5. The van der Waals surface area contributed by atoms with E-state index in [0.29, 0.717) is 11.0 Å². The van der Waals surface area contributed by atoms with Gasteiger partial charge in [0.05, 0.1) is 0 Å². The van der Waals surface area contributed by atoms with Crippen LogP contribution in [-0.2, 0) is 27.3 Å². The number of esters is 1. The quantitative estimate of drug-likeness (QED) is 0.269. The summed E-state index contributed by atoms with van der Waals surface area (Å²) >= 11 is 2.92. The summed E-state index contributed by atoms with van der Waals surface area (Å²) in [4.78, 5) is 29.6. The molecule has 7 heteroatoms. The molecule has 0 spiro atoms. The van der Waals surface area contributed by atoms with Crippen LogP contribution in [0.25, 0.3) is 0 Å². The van der Waals surface area contributed by atoms with E-state index >= 15 is 0 Å². The summed E-state index contributed by atoms with van der Waals surface area (Å²) in [5.74, 6) is -0.454. The van der Waals surface area contributed by atoms with Crippen LogP contribution >= 0.6 is 0 Å². The van der Waals surface area contributed by atoms with Crippen LogP contribution in [0.4, 0.5) is 4.79 Å². The molecule has 0 aromatic heterocycles. The van der Waals surface area contributed by atoms with Crippen molar-refractivity contribution in [3.63, 3.8) is 0 Å². The van der Waals surface area contributed by atoms with Gasteiger partial charge in [0.1, 0.15) is 0 Å². The summed E-state index contributed by atoms with van der Waals surface area (Å²) in [6.07, 6.45) is -0.216. The van der Waals surface area contributed by atoms with Crippen molar-refractivity contribution >= 4 is 32.7 Å². The fraction of sp³-hybridized carbons (Fsp3) is 0.192. The molecular weight excluding hydrogens is 483 g/mol. The van der Waals surface area contributed by atoms with Gasteiger partial charge in [-0.1, -0.05) is 0 Å². The van der Waals surface area contributed by atoms with Gasteiger partial charge in [-0.3, -0.25) is 0 Å². The van der Waals surface area contributed by atoms with Crippen LogP contribution in [0.15, 0.2) is 96.0 Å². The first-order chi connectivity index (χ1) is 16.1. The first kappa shape index (κ1) is 24.2.